The van der Waals surface area contributed by atoms with E-state index in [2.05, 4.69) is 42.3 Å². The van der Waals surface area contributed by atoms with Gasteiger partial charge in [-0.2, -0.15) is 0 Å². The lowest BCUT2D eigenvalue weighted by Crippen LogP contribution is -2.13. The lowest BCUT2D eigenvalue weighted by atomic mass is 10.1. The zero-order chi connectivity index (χ0) is 23.5. The minimum atomic E-state index is -0.176. The van der Waals surface area contributed by atoms with E-state index in [1.807, 2.05) is 72.8 Å². The Morgan fingerprint density at radius 1 is 0.765 bits per heavy atom. The second kappa shape index (κ2) is 9.49. The molecule has 166 valence electrons. The molecule has 34 heavy (non-hydrogen) atoms. The molecule has 4 nitrogen and oxygen atoms in total. The number of hydrogen-bond donors (Lipinski definition) is 1. The van der Waals surface area contributed by atoms with Crippen molar-refractivity contribution in [2.45, 2.75) is 23.6 Å². The number of rotatable bonds is 5. The third kappa shape index (κ3) is 4.70. The maximum Gasteiger partial charge on any atom is 0.256 e. The second-order valence-electron chi connectivity index (χ2n) is 8.11. The van der Waals surface area contributed by atoms with E-state index in [1.165, 1.54) is 16.0 Å². The molecule has 1 N–H and O–H groups in total. The number of carbonyl (C=O) groups is 1. The van der Waals surface area contributed by atoms with E-state index in [-0.39, 0.29) is 5.91 Å². The lowest BCUT2D eigenvalue weighted by molar-refractivity contribution is 0.102. The summed E-state index contributed by atoms with van der Waals surface area (Å²) in [5.74, 6) is -0.176. The van der Waals surface area contributed by atoms with Crippen LogP contribution in [0.3, 0.4) is 0 Å². The van der Waals surface area contributed by atoms with Gasteiger partial charge in [-0.15, -0.1) is 0 Å². The molecule has 0 saturated carbocycles. The summed E-state index contributed by atoms with van der Waals surface area (Å²) in [5, 5.41) is 3.85. The average molecular weight is 462 g/mol. The van der Waals surface area contributed by atoms with Crippen molar-refractivity contribution in [1.29, 1.82) is 0 Å². The molecule has 5 aromatic rings. The Morgan fingerprint density at radius 3 is 2.29 bits per heavy atom. The first kappa shape index (κ1) is 21.9. The third-order valence-electron chi connectivity index (χ3n) is 5.71. The van der Waals surface area contributed by atoms with Crippen LogP contribution >= 0.6 is 11.8 Å². The maximum absolute atomic E-state index is 13.3. The van der Waals surface area contributed by atoms with E-state index in [1.54, 1.807) is 18.0 Å². The van der Waals surface area contributed by atoms with Crippen molar-refractivity contribution in [2.24, 2.45) is 0 Å². The van der Waals surface area contributed by atoms with Crippen LogP contribution in [0.15, 0.2) is 107 Å². The average Bonchev–Trinajstić information content (AvgIpc) is 2.87. The minimum absolute atomic E-state index is 0.176. The highest BCUT2D eigenvalue weighted by molar-refractivity contribution is 7.99. The van der Waals surface area contributed by atoms with Crippen molar-refractivity contribution in [1.82, 2.24) is 9.97 Å². The number of amides is 1. The predicted octanol–water partition coefficient (Wildman–Crippen LogP) is 7.32. The predicted molar refractivity (Wildman–Crippen MR) is 139 cm³/mol. The first-order valence-corrected chi connectivity index (χ1v) is 11.9. The Labute approximate surface area is 203 Å². The summed E-state index contributed by atoms with van der Waals surface area (Å²) in [6.07, 6.45) is 1.73. The number of aromatic nitrogens is 2. The lowest BCUT2D eigenvalue weighted by Gasteiger charge is -2.11. The van der Waals surface area contributed by atoms with E-state index >= 15 is 0 Å². The number of hydrogen-bond acceptors (Lipinski definition) is 4. The van der Waals surface area contributed by atoms with Crippen LogP contribution in [0.1, 0.15) is 21.5 Å². The van der Waals surface area contributed by atoms with Crippen molar-refractivity contribution in [3.63, 3.8) is 0 Å². The Bertz CT molecular complexity index is 1480. The highest BCUT2D eigenvalue weighted by Crippen LogP contribution is 2.30. The molecule has 0 radical (unpaired) electrons. The van der Waals surface area contributed by atoms with Crippen molar-refractivity contribution >= 4 is 34.3 Å². The zero-order valence-electron chi connectivity index (χ0n) is 18.9. The molecule has 0 spiro atoms. The number of para-hydroxylation sites is 1. The van der Waals surface area contributed by atoms with Gasteiger partial charge >= 0.3 is 0 Å². The summed E-state index contributed by atoms with van der Waals surface area (Å²) in [5.41, 5.74) is 6.05. The molecule has 2 aromatic heterocycles. The van der Waals surface area contributed by atoms with Gasteiger partial charge in [-0.05, 0) is 85.6 Å². The Hall–Kier alpha value is -3.96. The van der Waals surface area contributed by atoms with Crippen molar-refractivity contribution in [2.75, 3.05) is 5.32 Å². The summed E-state index contributed by atoms with van der Waals surface area (Å²) in [6.45, 7) is 4.24. The molecule has 5 rings (SSSR count). The SMILES string of the molecule is Cc1ccc(Sc2ccc(NC(=O)c3cc(-c4ccccn4)nc4ccccc34)cc2)cc1C. The number of carbonyl (C=O) groups excluding carboxylic acids is 1. The molecule has 0 fully saturated rings. The van der Waals surface area contributed by atoms with E-state index in [0.29, 0.717) is 11.3 Å². The quantitative estimate of drug-likeness (QED) is 0.298. The monoisotopic (exact) mass is 461 g/mol. The largest absolute Gasteiger partial charge is 0.322 e. The normalized spacial score (nSPS) is 10.9. The molecule has 5 heteroatoms. The first-order valence-electron chi connectivity index (χ1n) is 11.0. The molecular weight excluding hydrogens is 438 g/mol. The highest BCUT2D eigenvalue weighted by atomic mass is 32.2. The van der Waals surface area contributed by atoms with Gasteiger partial charge in [-0.25, -0.2) is 4.98 Å². The maximum atomic E-state index is 13.3. The molecule has 3 aromatic carbocycles. The van der Waals surface area contributed by atoms with Crippen LogP contribution in [0.5, 0.6) is 0 Å². The number of aryl methyl sites for hydroxylation is 2. The molecule has 0 aliphatic carbocycles. The van der Waals surface area contributed by atoms with Gasteiger partial charge in [0.2, 0.25) is 0 Å². The first-order chi connectivity index (χ1) is 16.6. The molecule has 1 amide bonds. The smallest absolute Gasteiger partial charge is 0.256 e. The standard InChI is InChI=1S/C29H23N3OS/c1-19-10-13-23(17-20(19)2)34-22-14-11-21(12-15-22)31-29(33)25-18-28(27-9-5-6-16-30-27)32-26-8-4-3-7-24(25)26/h3-18H,1-2H3,(H,31,33). The molecule has 0 aliphatic heterocycles. The van der Waals surface area contributed by atoms with E-state index in [9.17, 15) is 4.79 Å². The summed E-state index contributed by atoms with van der Waals surface area (Å²) >= 11 is 1.71. The summed E-state index contributed by atoms with van der Waals surface area (Å²) in [4.78, 5) is 24.7. The number of pyridine rings is 2. The van der Waals surface area contributed by atoms with Crippen LogP contribution in [0.4, 0.5) is 5.69 Å². The van der Waals surface area contributed by atoms with Gasteiger partial charge in [-0.3, -0.25) is 9.78 Å². The van der Waals surface area contributed by atoms with Crippen LogP contribution in [0.2, 0.25) is 0 Å². The molecule has 0 bridgehead atoms. The van der Waals surface area contributed by atoms with Crippen molar-refractivity contribution in [3.8, 4) is 11.4 Å². The van der Waals surface area contributed by atoms with E-state index in [4.69, 9.17) is 4.98 Å². The second-order valence-corrected chi connectivity index (χ2v) is 9.26. The van der Waals surface area contributed by atoms with Gasteiger partial charge in [0.05, 0.1) is 22.5 Å². The van der Waals surface area contributed by atoms with Crippen LogP contribution in [0.25, 0.3) is 22.3 Å². The van der Waals surface area contributed by atoms with Gasteiger partial charge in [0, 0.05) is 27.1 Å². The summed E-state index contributed by atoms with van der Waals surface area (Å²) < 4.78 is 0. The number of anilines is 1. The fourth-order valence-electron chi connectivity index (χ4n) is 3.73. The van der Waals surface area contributed by atoms with Gasteiger partial charge < -0.3 is 5.32 Å². The van der Waals surface area contributed by atoms with Crippen molar-refractivity contribution < 1.29 is 4.79 Å². The summed E-state index contributed by atoms with van der Waals surface area (Å²) in [7, 11) is 0. The Morgan fingerprint density at radius 2 is 1.53 bits per heavy atom. The van der Waals surface area contributed by atoms with Crippen molar-refractivity contribution in [3.05, 3.63) is 114 Å². The third-order valence-corrected chi connectivity index (χ3v) is 6.71. The molecule has 2 heterocycles. The highest BCUT2D eigenvalue weighted by Gasteiger charge is 2.15. The van der Waals surface area contributed by atoms with E-state index < -0.39 is 0 Å². The fourth-order valence-corrected chi connectivity index (χ4v) is 4.64. The Kier molecular flexibility index (Phi) is 6.11. The minimum Gasteiger partial charge on any atom is -0.322 e. The van der Waals surface area contributed by atoms with Crippen LogP contribution in [-0.2, 0) is 0 Å². The van der Waals surface area contributed by atoms with Crippen LogP contribution in [0, 0.1) is 13.8 Å². The van der Waals surface area contributed by atoms with Gasteiger partial charge in [-0.1, -0.05) is 42.1 Å². The summed E-state index contributed by atoms with van der Waals surface area (Å²) in [6, 6.07) is 29.6. The number of fused-ring (bicyclic) bond motifs is 1. The number of nitrogens with one attached hydrogen (secondary N) is 1. The topological polar surface area (TPSA) is 54.9 Å². The molecular formula is C29H23N3OS. The Balaban J connectivity index is 1.39. The molecule has 0 aliphatic rings. The molecule has 0 saturated heterocycles. The van der Waals surface area contributed by atoms with Gasteiger partial charge in [0.1, 0.15) is 0 Å². The number of benzene rings is 3. The molecule has 0 atom stereocenters. The zero-order valence-corrected chi connectivity index (χ0v) is 19.8. The van der Waals surface area contributed by atoms with Crippen LogP contribution in [-0.4, -0.2) is 15.9 Å². The van der Waals surface area contributed by atoms with Gasteiger partial charge in [0.25, 0.3) is 5.91 Å². The fraction of sp³-hybridized carbons (Fsp3) is 0.0690. The van der Waals surface area contributed by atoms with E-state index in [0.717, 1.165) is 27.2 Å². The molecule has 0 unspecified atom stereocenters. The number of nitrogens with zero attached hydrogens (tertiary/aromatic N) is 2. The van der Waals surface area contributed by atoms with Gasteiger partial charge in [0.15, 0.2) is 0 Å². The van der Waals surface area contributed by atoms with Crippen LogP contribution < -0.4 is 5.32 Å².